The number of methoxy groups -OCH3 is 4. The Labute approximate surface area is 174 Å². The Kier molecular flexibility index (Phi) is 5.53. The van der Waals surface area contributed by atoms with E-state index in [-0.39, 0.29) is 35.5 Å². The van der Waals surface area contributed by atoms with Gasteiger partial charge in [0.25, 0.3) is 0 Å². The molecule has 2 aliphatic heterocycles. The van der Waals surface area contributed by atoms with Gasteiger partial charge in [-0.1, -0.05) is 0 Å². The second-order valence-corrected chi connectivity index (χ2v) is 7.38. The Morgan fingerprint density at radius 1 is 0.633 bits per heavy atom. The van der Waals surface area contributed by atoms with E-state index in [1.54, 1.807) is 24.3 Å². The number of rotatable bonds is 6. The van der Waals surface area contributed by atoms with Crippen molar-refractivity contribution in [3.05, 3.63) is 35.4 Å². The predicted molar refractivity (Wildman–Crippen MR) is 107 cm³/mol. The van der Waals surface area contributed by atoms with Gasteiger partial charge in [-0.3, -0.25) is 0 Å². The van der Waals surface area contributed by atoms with E-state index in [0.717, 1.165) is 11.1 Å². The Hall–Kier alpha value is -2.84. The summed E-state index contributed by atoms with van der Waals surface area (Å²) in [6.45, 7) is 1.02. The maximum atomic E-state index is 10.2. The van der Waals surface area contributed by atoms with Gasteiger partial charge in [0.15, 0.2) is 23.0 Å². The van der Waals surface area contributed by atoms with Crippen molar-refractivity contribution in [1.29, 1.82) is 0 Å². The van der Waals surface area contributed by atoms with Crippen molar-refractivity contribution in [2.75, 3.05) is 41.7 Å². The second-order valence-electron chi connectivity index (χ2n) is 7.38. The monoisotopic (exact) mass is 418 g/mol. The van der Waals surface area contributed by atoms with Crippen LogP contribution in [0.4, 0.5) is 0 Å². The molecule has 2 aromatic rings. The fourth-order valence-corrected chi connectivity index (χ4v) is 4.39. The van der Waals surface area contributed by atoms with Gasteiger partial charge in [0.1, 0.15) is 0 Å². The van der Waals surface area contributed by atoms with Crippen molar-refractivity contribution in [2.45, 2.75) is 12.2 Å². The van der Waals surface area contributed by atoms with Gasteiger partial charge in [0.2, 0.25) is 11.5 Å². The summed E-state index contributed by atoms with van der Waals surface area (Å²) in [5.74, 6) is 1.48. The van der Waals surface area contributed by atoms with Crippen molar-refractivity contribution in [2.24, 2.45) is 11.8 Å². The zero-order chi connectivity index (χ0) is 21.4. The third-order valence-electron chi connectivity index (χ3n) is 5.93. The summed E-state index contributed by atoms with van der Waals surface area (Å²) >= 11 is 0. The minimum atomic E-state index is -0.218. The number of aromatic hydroxyl groups is 2. The maximum absolute atomic E-state index is 10.2. The lowest BCUT2D eigenvalue weighted by Gasteiger charge is -2.19. The van der Waals surface area contributed by atoms with E-state index in [2.05, 4.69) is 0 Å². The minimum Gasteiger partial charge on any atom is -0.502 e. The highest BCUT2D eigenvalue weighted by Gasteiger charge is 2.48. The van der Waals surface area contributed by atoms with Crippen molar-refractivity contribution in [3.8, 4) is 34.5 Å². The summed E-state index contributed by atoms with van der Waals surface area (Å²) in [7, 11) is 5.99. The molecule has 0 amide bonds. The number of hydrogen-bond acceptors (Lipinski definition) is 8. The molecule has 2 aliphatic rings. The van der Waals surface area contributed by atoms with Crippen LogP contribution < -0.4 is 18.9 Å². The molecule has 2 unspecified atom stereocenters. The highest BCUT2D eigenvalue weighted by Crippen LogP contribution is 2.53. The number of hydrogen-bond donors (Lipinski definition) is 2. The summed E-state index contributed by atoms with van der Waals surface area (Å²) in [6.07, 6.45) is -0.436. The van der Waals surface area contributed by atoms with Gasteiger partial charge in [-0.2, -0.15) is 0 Å². The quantitative estimate of drug-likeness (QED) is 0.738. The summed E-state index contributed by atoms with van der Waals surface area (Å²) in [6, 6.07) is 7.07. The average Bonchev–Trinajstić information content (AvgIpc) is 3.36. The van der Waals surface area contributed by atoms with Crippen LogP contribution >= 0.6 is 0 Å². The number of phenolic OH excluding ortho intramolecular Hbond substituents is 2. The number of benzene rings is 2. The maximum Gasteiger partial charge on any atom is 0.200 e. The molecule has 2 N–H and O–H groups in total. The topological polar surface area (TPSA) is 95.8 Å². The molecule has 0 radical (unpaired) electrons. The molecule has 0 saturated carbocycles. The summed E-state index contributed by atoms with van der Waals surface area (Å²) in [5.41, 5.74) is 1.72. The lowest BCUT2D eigenvalue weighted by atomic mass is 9.84. The Bertz CT molecular complexity index is 802. The molecule has 0 aliphatic carbocycles. The first-order valence-electron chi connectivity index (χ1n) is 9.65. The van der Waals surface area contributed by atoms with Gasteiger partial charge in [0, 0.05) is 11.8 Å². The lowest BCUT2D eigenvalue weighted by molar-refractivity contribution is 0.0190. The molecule has 2 aromatic carbocycles. The Balaban J connectivity index is 1.63. The van der Waals surface area contributed by atoms with E-state index in [4.69, 9.17) is 28.4 Å². The summed E-state index contributed by atoms with van der Waals surface area (Å²) in [5, 5.41) is 20.4. The van der Waals surface area contributed by atoms with Gasteiger partial charge in [-0.15, -0.1) is 0 Å². The molecular weight excluding hydrogens is 392 g/mol. The van der Waals surface area contributed by atoms with E-state index in [1.165, 1.54) is 28.4 Å². The minimum absolute atomic E-state index is 0.0397. The fourth-order valence-electron chi connectivity index (χ4n) is 4.39. The van der Waals surface area contributed by atoms with E-state index in [1.807, 2.05) is 0 Å². The molecule has 0 bridgehead atoms. The Morgan fingerprint density at radius 3 is 1.20 bits per heavy atom. The zero-order valence-electron chi connectivity index (χ0n) is 17.4. The molecule has 4 rings (SSSR count). The molecule has 2 heterocycles. The first-order chi connectivity index (χ1) is 14.5. The van der Waals surface area contributed by atoms with Gasteiger partial charge in [-0.25, -0.2) is 0 Å². The molecule has 8 nitrogen and oxygen atoms in total. The number of ether oxygens (including phenoxy) is 6. The van der Waals surface area contributed by atoms with Crippen LogP contribution in [-0.2, 0) is 9.47 Å². The fraction of sp³-hybridized carbons (Fsp3) is 0.455. The first kappa shape index (κ1) is 20.4. The third kappa shape index (κ3) is 3.26. The summed E-state index contributed by atoms with van der Waals surface area (Å²) in [4.78, 5) is 0. The molecule has 0 spiro atoms. The normalized spacial score (nSPS) is 25.1. The molecule has 30 heavy (non-hydrogen) atoms. The van der Waals surface area contributed by atoms with Crippen LogP contribution in [0.5, 0.6) is 34.5 Å². The van der Waals surface area contributed by atoms with E-state index in [0.29, 0.717) is 36.2 Å². The average molecular weight is 418 g/mol. The number of phenols is 2. The first-order valence-corrected chi connectivity index (χ1v) is 9.65. The van der Waals surface area contributed by atoms with Crippen LogP contribution in [0, 0.1) is 11.8 Å². The molecular formula is C22H26O8. The summed E-state index contributed by atoms with van der Waals surface area (Å²) < 4.78 is 33.4. The predicted octanol–water partition coefficient (Wildman–Crippen LogP) is 3.21. The zero-order valence-corrected chi connectivity index (χ0v) is 17.4. The van der Waals surface area contributed by atoms with Crippen LogP contribution in [0.15, 0.2) is 24.3 Å². The van der Waals surface area contributed by atoms with Crippen LogP contribution in [-0.4, -0.2) is 51.9 Å². The van der Waals surface area contributed by atoms with E-state index < -0.39 is 0 Å². The highest BCUT2D eigenvalue weighted by atomic mass is 16.5. The van der Waals surface area contributed by atoms with Crippen molar-refractivity contribution in [3.63, 3.8) is 0 Å². The van der Waals surface area contributed by atoms with Crippen molar-refractivity contribution >= 4 is 0 Å². The second kappa shape index (κ2) is 8.12. The van der Waals surface area contributed by atoms with E-state index in [9.17, 15) is 10.2 Å². The molecule has 0 aromatic heterocycles. The van der Waals surface area contributed by atoms with Gasteiger partial charge >= 0.3 is 0 Å². The van der Waals surface area contributed by atoms with Crippen LogP contribution in [0.3, 0.4) is 0 Å². The van der Waals surface area contributed by atoms with Crippen LogP contribution in [0.25, 0.3) is 0 Å². The van der Waals surface area contributed by atoms with Crippen molar-refractivity contribution in [1.82, 2.24) is 0 Å². The van der Waals surface area contributed by atoms with Gasteiger partial charge in [-0.05, 0) is 35.4 Å². The van der Waals surface area contributed by atoms with Gasteiger partial charge in [0.05, 0.1) is 53.9 Å². The molecule has 4 atom stereocenters. The Morgan fingerprint density at radius 2 is 0.933 bits per heavy atom. The lowest BCUT2D eigenvalue weighted by Crippen LogP contribution is -2.15. The molecule has 162 valence electrons. The SMILES string of the molecule is COc1cc(C2OC[C@H]3C(c4cc(OC)c(O)c(OC)c4)OC[C@@H]23)cc(OC)c1O. The molecule has 2 saturated heterocycles. The third-order valence-corrected chi connectivity index (χ3v) is 5.93. The van der Waals surface area contributed by atoms with E-state index >= 15 is 0 Å². The van der Waals surface area contributed by atoms with Crippen LogP contribution in [0.1, 0.15) is 23.3 Å². The standard InChI is InChI=1S/C22H26O8/c1-25-15-5-11(6-16(26-2)19(15)23)21-13-9-30-22(14(13)10-29-21)12-7-17(27-3)20(24)18(8-12)28-4/h5-8,13-14,21-24H,9-10H2,1-4H3/t13-,14-,21?,22?/m1/s1. The molecule has 8 heteroatoms. The highest BCUT2D eigenvalue weighted by molar-refractivity contribution is 5.54. The number of fused-ring (bicyclic) bond motifs is 1. The molecule has 2 fully saturated rings. The van der Waals surface area contributed by atoms with Crippen molar-refractivity contribution < 1.29 is 38.6 Å². The van der Waals surface area contributed by atoms with Crippen LogP contribution in [0.2, 0.25) is 0 Å². The largest absolute Gasteiger partial charge is 0.502 e. The smallest absolute Gasteiger partial charge is 0.200 e. The van der Waals surface area contributed by atoms with Gasteiger partial charge < -0.3 is 38.6 Å².